The Labute approximate surface area is 849 Å². The largest absolute Gasteiger partial charge is 0.486 e. The van der Waals surface area contributed by atoms with Crippen LogP contribution in [0.1, 0.15) is 154 Å². The topological polar surface area (TPSA) is 334 Å². The van der Waals surface area contributed by atoms with Crippen molar-refractivity contribution in [2.45, 2.75) is 147 Å². The minimum atomic E-state index is -4.06. The number of benzene rings is 8. The molecule has 8 aromatic carbocycles. The van der Waals surface area contributed by atoms with E-state index in [0.29, 0.717) is 180 Å². The average Bonchev–Trinajstić information content (AvgIpc) is 1.18. The number of Topliss-reactive ketones (excluding diaryl/α,β-unsaturated/α-hetero) is 1. The summed E-state index contributed by atoms with van der Waals surface area (Å²) in [6, 6.07) is 34.5. The first kappa shape index (κ1) is 105. The van der Waals surface area contributed by atoms with Gasteiger partial charge in [0.2, 0.25) is 0 Å². The van der Waals surface area contributed by atoms with Gasteiger partial charge in [-0.2, -0.15) is 35.1 Å². The molecule has 4 fully saturated rings. The predicted molar refractivity (Wildman–Crippen MR) is 527 cm³/mol. The zero-order chi connectivity index (χ0) is 101. The van der Waals surface area contributed by atoms with Crippen LogP contribution in [0.25, 0.3) is 43.9 Å². The Hall–Kier alpha value is -11.8. The number of rotatable bonds is 28. The molecule has 12 aromatic rings. The predicted octanol–water partition coefficient (Wildman–Crippen LogP) is 19.7. The smallest absolute Gasteiger partial charge is 0.380 e. The molecule has 0 aliphatic carbocycles. The van der Waals surface area contributed by atoms with Gasteiger partial charge in [0.05, 0.1) is 22.2 Å². The molecule has 0 radical (unpaired) electrons. The van der Waals surface area contributed by atoms with Crippen molar-refractivity contribution in [1.29, 1.82) is 0 Å². The molecule has 144 heavy (non-hydrogen) atoms. The van der Waals surface area contributed by atoms with Crippen LogP contribution >= 0.6 is 46.4 Å². The highest BCUT2D eigenvalue weighted by atomic mass is 35.5. The van der Waals surface area contributed by atoms with Crippen LogP contribution < -0.4 is 59.2 Å². The van der Waals surface area contributed by atoms with Gasteiger partial charge in [-0.25, -0.2) is 0 Å². The molecule has 20 rings (SSSR count). The standard InChI is InChI=1S/3C25H25ClF2N2O5.C25H23ClF2N2O5.4CH4/c4*26-17-4-6-19-16(11-17)13-22(35-19)25(27,28)24(32)29-18(14-30-7-1-2-8-30)23(31)15-3-5-20-21(12-15)34-10-9-33-20;;;;/h3*3-6,11-13,18,23,31H,1-2,7-10,14H2,(H,29,32);3-6,11-13,18H,1-2,7-10,14H2,(H,29,32);4*1H4/t18-,23?;2*18-,23-;18-;;;;/m1111..../s1/i3*23D;;;;;. The lowest BCUT2D eigenvalue weighted by Crippen LogP contribution is -2.51. The minimum Gasteiger partial charge on any atom is -0.486 e. The lowest BCUT2D eigenvalue weighted by molar-refractivity contribution is -0.151. The Morgan fingerprint density at radius 2 is 0.535 bits per heavy atom. The van der Waals surface area contributed by atoms with E-state index < -0.39 is 119 Å². The van der Waals surface area contributed by atoms with E-state index in [1.165, 1.54) is 115 Å². The Morgan fingerprint density at radius 3 is 0.799 bits per heavy atom. The fraction of sp³-hybridized carbons (Fsp3) is 0.413. The molecule has 0 saturated carbocycles. The summed E-state index contributed by atoms with van der Waals surface area (Å²) in [4.78, 5) is 72.6. The molecule has 0 bridgehead atoms. The van der Waals surface area contributed by atoms with Crippen LogP contribution in [0.3, 0.4) is 0 Å². The van der Waals surface area contributed by atoms with Gasteiger partial charge in [0, 0.05) is 73.4 Å². The third-order valence-corrected chi connectivity index (χ3v) is 25.7. The van der Waals surface area contributed by atoms with Crippen LogP contribution in [0, 0.1) is 0 Å². The first-order chi connectivity index (χ1) is 68.2. The second-order valence-corrected chi connectivity index (χ2v) is 36.3. The Bertz CT molecular complexity index is 6210. The zero-order valence-electron chi connectivity index (χ0n) is 77.9. The van der Waals surface area contributed by atoms with Crippen molar-refractivity contribution in [3.8, 4) is 46.0 Å². The first-order valence-electron chi connectivity index (χ1n) is 47.0. The van der Waals surface area contributed by atoms with E-state index in [1.54, 1.807) is 30.3 Å². The van der Waals surface area contributed by atoms with Crippen LogP contribution in [0.2, 0.25) is 20.1 Å². The number of ether oxygens (including phenoxy) is 8. The Balaban J connectivity index is 0.000000162. The molecule has 0 spiro atoms. The third-order valence-electron chi connectivity index (χ3n) is 24.7. The number of halogens is 12. The molecule has 4 amide bonds. The summed E-state index contributed by atoms with van der Waals surface area (Å²) in [7, 11) is 0. The molecule has 8 aliphatic heterocycles. The number of carbonyl (C=O) groups is 5. The molecule has 12 heterocycles. The second-order valence-electron chi connectivity index (χ2n) is 34.6. The van der Waals surface area contributed by atoms with Crippen LogP contribution in [0.5, 0.6) is 46.0 Å². The van der Waals surface area contributed by atoms with Crippen LogP contribution in [0.4, 0.5) is 35.1 Å². The molecule has 8 aliphatic rings. The summed E-state index contributed by atoms with van der Waals surface area (Å²) < 4.78 is 213. The van der Waals surface area contributed by atoms with Crippen molar-refractivity contribution in [3.05, 3.63) is 235 Å². The number of carbonyl (C=O) groups excluding carboxylic acids is 5. The van der Waals surface area contributed by atoms with E-state index in [-0.39, 0.29) is 100 Å². The fourth-order valence-electron chi connectivity index (χ4n) is 17.4. The third kappa shape index (κ3) is 25.5. The fourth-order valence-corrected chi connectivity index (χ4v) is 18.1. The van der Waals surface area contributed by atoms with E-state index >= 15 is 35.1 Å². The van der Waals surface area contributed by atoms with Gasteiger partial charge < -0.3 is 112 Å². The molecular weight excluding hydrogens is 1970 g/mol. The SMILES string of the molecule is C.C.C.C.O=C(c1ccc2c(c1)OCCO2)[C@@H](CN1CCCC1)NC(=O)C(F)(F)c1cc2cc(Cl)ccc2o1.[2H]C(O)(c1ccc2c(c1)OCCO2)[C@@H](CN1CCCC1)NC(=O)C(F)(F)c1cc2cc(Cl)ccc2o1.[2H][C@@](O)(c1ccc2c(c1)OCCO2)[C@@H](CN1CCCC1)NC(=O)C(F)(F)c1cc2cc(Cl)ccc2o1.[2H][C@@](O)(c1ccc2c(c1)OCCO2)[C@@H](CN1CCCC1)NC(=O)C(F)(F)c1cc2cc(Cl)ccc2o1. The molecule has 774 valence electrons. The Morgan fingerprint density at radius 1 is 0.306 bits per heavy atom. The summed E-state index contributed by atoms with van der Waals surface area (Å²) in [6.45, 7) is 8.36. The summed E-state index contributed by atoms with van der Waals surface area (Å²) in [6.07, 6.45) is -0.0250. The maximum atomic E-state index is 15.2. The second kappa shape index (κ2) is 47.6. The van der Waals surface area contributed by atoms with Gasteiger partial charge >= 0.3 is 23.7 Å². The number of fused-ring (bicyclic) bond motifs is 8. The van der Waals surface area contributed by atoms with Crippen LogP contribution in [-0.4, -0.2) is 220 Å². The van der Waals surface area contributed by atoms with Gasteiger partial charge in [-0.05, 0) is 272 Å². The van der Waals surface area contributed by atoms with Crippen LogP contribution in [-0.2, 0) is 42.9 Å². The summed E-state index contributed by atoms with van der Waals surface area (Å²) in [5.74, 6) is -23.4. The van der Waals surface area contributed by atoms with Gasteiger partial charge in [0.1, 0.15) is 99.5 Å². The lowest BCUT2D eigenvalue weighted by Gasteiger charge is -2.30. The number of hydrogen-bond donors (Lipinski definition) is 7. The molecule has 7 atom stereocenters. The average molecular weight is 2090 g/mol. The van der Waals surface area contributed by atoms with Gasteiger partial charge in [0.25, 0.3) is 23.6 Å². The molecule has 1 unspecified atom stereocenters. The molecule has 4 aromatic heterocycles. The molecule has 7 N–H and O–H groups in total. The summed E-state index contributed by atoms with van der Waals surface area (Å²) in [5.41, 5.74) is 1.13. The number of hydrogen-bond acceptors (Lipinski definition) is 24. The normalized spacial score (nSPS) is 18.1. The van der Waals surface area contributed by atoms with Crippen molar-refractivity contribution in [3.63, 3.8) is 0 Å². The molecule has 28 nitrogen and oxygen atoms in total. The van der Waals surface area contributed by atoms with Crippen molar-refractivity contribution in [1.82, 2.24) is 40.9 Å². The number of nitrogens with one attached hydrogen (secondary N) is 4. The molecule has 40 heteroatoms. The summed E-state index contributed by atoms with van der Waals surface area (Å²) >= 11 is 23.7. The number of alkyl halides is 8. The number of aliphatic hydroxyl groups is 3. The molecular formula is C104H114Cl4F8N8O20. The van der Waals surface area contributed by atoms with Crippen molar-refractivity contribution < 1.29 is 134 Å². The quantitative estimate of drug-likeness (QED) is 0.0177. The van der Waals surface area contributed by atoms with E-state index in [2.05, 4.69) is 21.3 Å². The number of furan rings is 4. The number of ketones is 1. The lowest BCUT2D eigenvalue weighted by atomic mass is 10.0. The van der Waals surface area contributed by atoms with Crippen molar-refractivity contribution >= 4 is 120 Å². The van der Waals surface area contributed by atoms with Gasteiger partial charge in [-0.15, -0.1) is 0 Å². The Kier molecular flexibility index (Phi) is 34.7. The van der Waals surface area contributed by atoms with Gasteiger partial charge in [0.15, 0.2) is 74.8 Å². The van der Waals surface area contributed by atoms with Gasteiger partial charge in [-0.3, -0.25) is 24.0 Å². The maximum absolute atomic E-state index is 15.2. The minimum absolute atomic E-state index is 0. The molecule has 4 saturated heterocycles. The number of nitrogens with zero attached hydrogens (tertiary/aromatic N) is 4. The highest BCUT2D eigenvalue weighted by molar-refractivity contribution is 6.32. The zero-order valence-corrected chi connectivity index (χ0v) is 77.9. The van der Waals surface area contributed by atoms with Crippen LogP contribution in [0.15, 0.2) is 188 Å². The number of amides is 4. The maximum Gasteiger partial charge on any atom is 0.380 e. The van der Waals surface area contributed by atoms with Crippen molar-refractivity contribution in [2.24, 2.45) is 0 Å². The van der Waals surface area contributed by atoms with E-state index in [4.69, 9.17) is 106 Å². The summed E-state index contributed by atoms with van der Waals surface area (Å²) in [5, 5.41) is 45.5. The highest BCUT2D eigenvalue weighted by Gasteiger charge is 2.51. The number of likely N-dealkylation sites (tertiary alicyclic amines) is 4. The van der Waals surface area contributed by atoms with E-state index in [1.807, 2.05) is 19.6 Å². The highest BCUT2D eigenvalue weighted by Crippen LogP contribution is 2.44. The monoisotopic (exact) mass is 2090 g/mol. The van der Waals surface area contributed by atoms with Gasteiger partial charge in [-0.1, -0.05) is 94.3 Å². The van der Waals surface area contributed by atoms with Crippen molar-refractivity contribution in [2.75, 3.05) is 131 Å². The first-order valence-corrected chi connectivity index (χ1v) is 47.0. The van der Waals surface area contributed by atoms with E-state index in [0.717, 1.165) is 88.7 Å². The van der Waals surface area contributed by atoms with E-state index in [9.17, 15) is 39.3 Å².